The summed E-state index contributed by atoms with van der Waals surface area (Å²) in [5, 5.41) is 3.48. The number of carbonyl (C=O) groups is 1. The first-order valence-electron chi connectivity index (χ1n) is 11.3. The Labute approximate surface area is 199 Å². The molecular formula is C27H27ClN2O3. The van der Waals surface area contributed by atoms with Crippen molar-refractivity contribution in [1.29, 1.82) is 0 Å². The minimum atomic E-state index is -1.06. The summed E-state index contributed by atoms with van der Waals surface area (Å²) in [6.45, 7) is 8.51. The van der Waals surface area contributed by atoms with Crippen LogP contribution in [0.1, 0.15) is 47.8 Å². The number of para-hydroxylation sites is 1. The van der Waals surface area contributed by atoms with E-state index in [9.17, 15) is 4.79 Å². The second-order valence-electron chi connectivity index (χ2n) is 8.59. The van der Waals surface area contributed by atoms with E-state index in [0.717, 1.165) is 35.5 Å². The van der Waals surface area contributed by atoms with E-state index in [1.54, 1.807) is 0 Å². The van der Waals surface area contributed by atoms with Gasteiger partial charge in [0.05, 0.1) is 5.56 Å². The lowest BCUT2D eigenvalue weighted by Crippen LogP contribution is -2.46. The normalized spacial score (nSPS) is 19.8. The van der Waals surface area contributed by atoms with Gasteiger partial charge in [0, 0.05) is 28.9 Å². The molecule has 0 saturated carbocycles. The van der Waals surface area contributed by atoms with Crippen molar-refractivity contribution in [2.75, 3.05) is 25.0 Å². The number of fused-ring (bicyclic) bond motifs is 6. The van der Waals surface area contributed by atoms with Crippen LogP contribution in [-0.4, -0.2) is 35.5 Å². The molecule has 6 heteroatoms. The molecule has 5 nitrogen and oxygen atoms in total. The number of hydrogen-bond acceptors (Lipinski definition) is 5. The Morgan fingerprint density at radius 3 is 2.36 bits per heavy atom. The van der Waals surface area contributed by atoms with Gasteiger partial charge >= 0.3 is 5.97 Å². The Bertz CT molecular complexity index is 1220. The van der Waals surface area contributed by atoms with Gasteiger partial charge in [-0.05, 0) is 50.3 Å². The topological polar surface area (TPSA) is 50.8 Å². The highest BCUT2D eigenvalue weighted by atomic mass is 35.5. The standard InChI is InChI=1S/C27H27ClN2O3/c1-4-30(5-2)26(3,28)17-29-18-14-15-24-22(16-18)27(21-12-8-9-13-23(21)32-24)20-11-7-6-10-19(20)25(31)33-27/h6-16,29H,4-5,17H2,1-3H3. The van der Waals surface area contributed by atoms with E-state index in [-0.39, 0.29) is 5.97 Å². The fourth-order valence-corrected chi connectivity index (χ4v) is 5.30. The minimum absolute atomic E-state index is 0.332. The molecule has 2 aliphatic rings. The molecule has 0 bridgehead atoms. The number of anilines is 1. The van der Waals surface area contributed by atoms with E-state index in [1.165, 1.54) is 0 Å². The van der Waals surface area contributed by atoms with Crippen molar-refractivity contribution in [3.05, 3.63) is 89.0 Å². The van der Waals surface area contributed by atoms with Crippen molar-refractivity contribution >= 4 is 23.3 Å². The quantitative estimate of drug-likeness (QED) is 0.278. The van der Waals surface area contributed by atoms with Gasteiger partial charge in [0.25, 0.3) is 0 Å². The summed E-state index contributed by atoms with van der Waals surface area (Å²) < 4.78 is 12.4. The third-order valence-corrected chi connectivity index (χ3v) is 7.03. The van der Waals surface area contributed by atoms with Crippen LogP contribution < -0.4 is 10.1 Å². The van der Waals surface area contributed by atoms with Gasteiger partial charge in [-0.15, -0.1) is 11.6 Å². The number of esters is 1. The predicted octanol–water partition coefficient (Wildman–Crippen LogP) is 5.96. The molecule has 0 aliphatic carbocycles. The van der Waals surface area contributed by atoms with Gasteiger partial charge in [-0.25, -0.2) is 4.79 Å². The van der Waals surface area contributed by atoms with Crippen LogP contribution in [0.2, 0.25) is 0 Å². The molecule has 2 aliphatic heterocycles. The summed E-state index contributed by atoms with van der Waals surface area (Å²) in [5.74, 6) is 1.02. The minimum Gasteiger partial charge on any atom is -0.456 e. The van der Waals surface area contributed by atoms with E-state index >= 15 is 0 Å². The zero-order valence-corrected chi connectivity index (χ0v) is 19.8. The molecule has 0 aromatic heterocycles. The molecular weight excluding hydrogens is 436 g/mol. The number of hydrogen-bond donors (Lipinski definition) is 1. The van der Waals surface area contributed by atoms with Crippen LogP contribution in [0.25, 0.3) is 0 Å². The van der Waals surface area contributed by atoms with E-state index in [0.29, 0.717) is 23.6 Å². The number of ether oxygens (including phenoxy) is 2. The largest absolute Gasteiger partial charge is 0.456 e. The van der Waals surface area contributed by atoms with Gasteiger partial charge in [-0.1, -0.05) is 50.2 Å². The molecule has 0 radical (unpaired) electrons. The summed E-state index contributed by atoms with van der Waals surface area (Å²) in [7, 11) is 0. The van der Waals surface area contributed by atoms with Crippen molar-refractivity contribution in [2.24, 2.45) is 0 Å². The van der Waals surface area contributed by atoms with Crippen LogP contribution in [0.4, 0.5) is 5.69 Å². The molecule has 3 aromatic rings. The molecule has 0 fully saturated rings. The average molecular weight is 463 g/mol. The van der Waals surface area contributed by atoms with Crippen LogP contribution in [0, 0.1) is 0 Å². The predicted molar refractivity (Wildman–Crippen MR) is 130 cm³/mol. The van der Waals surface area contributed by atoms with Crippen molar-refractivity contribution in [1.82, 2.24) is 4.90 Å². The fourth-order valence-electron chi connectivity index (χ4n) is 4.99. The van der Waals surface area contributed by atoms with Gasteiger partial charge in [0.1, 0.15) is 16.5 Å². The number of rotatable bonds is 6. The molecule has 3 aromatic carbocycles. The van der Waals surface area contributed by atoms with E-state index in [2.05, 4.69) is 24.1 Å². The third-order valence-electron chi connectivity index (χ3n) is 6.66. The second-order valence-corrected chi connectivity index (χ2v) is 9.41. The molecule has 33 heavy (non-hydrogen) atoms. The molecule has 0 saturated heterocycles. The lowest BCUT2D eigenvalue weighted by atomic mass is 9.77. The average Bonchev–Trinajstić information content (AvgIpc) is 3.12. The molecule has 170 valence electrons. The monoisotopic (exact) mass is 462 g/mol. The van der Waals surface area contributed by atoms with Crippen molar-refractivity contribution in [3.8, 4) is 11.5 Å². The van der Waals surface area contributed by atoms with Crippen LogP contribution in [0.15, 0.2) is 66.7 Å². The number of alkyl halides is 1. The number of benzene rings is 3. The smallest absolute Gasteiger partial charge is 0.340 e. The molecule has 1 N–H and O–H groups in total. The summed E-state index contributed by atoms with van der Waals surface area (Å²) >= 11 is 6.84. The van der Waals surface area contributed by atoms with E-state index in [1.807, 2.05) is 73.7 Å². The highest BCUT2D eigenvalue weighted by Gasteiger charge is 2.53. The second kappa shape index (κ2) is 8.08. The number of nitrogens with zero attached hydrogens (tertiary/aromatic N) is 1. The zero-order valence-electron chi connectivity index (χ0n) is 19.0. The Kier molecular flexibility index (Phi) is 5.34. The summed E-state index contributed by atoms with van der Waals surface area (Å²) in [4.78, 5) is 14.6. The number of halogens is 1. The maximum Gasteiger partial charge on any atom is 0.340 e. The maximum absolute atomic E-state index is 12.9. The van der Waals surface area contributed by atoms with Crippen molar-refractivity contribution < 1.29 is 14.3 Å². The maximum atomic E-state index is 12.9. The van der Waals surface area contributed by atoms with E-state index < -0.39 is 10.6 Å². The Morgan fingerprint density at radius 2 is 1.61 bits per heavy atom. The first-order chi connectivity index (χ1) is 15.9. The summed E-state index contributed by atoms with van der Waals surface area (Å²) in [6, 6.07) is 21.2. The fraction of sp³-hybridized carbons (Fsp3) is 0.296. The molecule has 2 heterocycles. The van der Waals surface area contributed by atoms with Crippen molar-refractivity contribution in [3.63, 3.8) is 0 Å². The van der Waals surface area contributed by atoms with Crippen LogP contribution in [0.3, 0.4) is 0 Å². The SMILES string of the molecule is CCN(CC)C(C)(Cl)CNc1ccc2c(c1)C1(OC(=O)c3ccccc31)c1ccccc1O2. The van der Waals surface area contributed by atoms with Gasteiger partial charge in [0.2, 0.25) is 0 Å². The van der Waals surface area contributed by atoms with Crippen LogP contribution >= 0.6 is 11.6 Å². The highest BCUT2D eigenvalue weighted by Crippen LogP contribution is 2.56. The van der Waals surface area contributed by atoms with E-state index in [4.69, 9.17) is 21.1 Å². The Morgan fingerprint density at radius 1 is 0.939 bits per heavy atom. The Balaban J connectivity index is 1.60. The summed E-state index contributed by atoms with van der Waals surface area (Å²) in [6.07, 6.45) is 0. The molecule has 2 unspecified atom stereocenters. The number of nitrogens with one attached hydrogen (secondary N) is 1. The van der Waals surface area contributed by atoms with Gasteiger partial charge in [-0.2, -0.15) is 0 Å². The van der Waals surface area contributed by atoms with Gasteiger partial charge in [0.15, 0.2) is 5.60 Å². The number of carbonyl (C=O) groups excluding carboxylic acids is 1. The third kappa shape index (κ3) is 3.38. The van der Waals surface area contributed by atoms with Crippen LogP contribution in [0.5, 0.6) is 11.5 Å². The van der Waals surface area contributed by atoms with Gasteiger partial charge in [-0.3, -0.25) is 4.90 Å². The molecule has 2 atom stereocenters. The Hall–Kier alpha value is -3.02. The lowest BCUT2D eigenvalue weighted by Gasteiger charge is -2.37. The zero-order chi connectivity index (χ0) is 23.2. The van der Waals surface area contributed by atoms with Crippen LogP contribution in [-0.2, 0) is 10.3 Å². The number of likely N-dealkylation sites (N-methyl/N-ethyl adjacent to an activating group) is 1. The summed E-state index contributed by atoms with van der Waals surface area (Å²) in [5.41, 5.74) is 2.85. The lowest BCUT2D eigenvalue weighted by molar-refractivity contribution is 0.0224. The first kappa shape index (κ1) is 21.8. The van der Waals surface area contributed by atoms with Crippen molar-refractivity contribution in [2.45, 2.75) is 31.4 Å². The molecule has 5 rings (SSSR count). The first-order valence-corrected chi connectivity index (χ1v) is 11.7. The molecule has 0 amide bonds. The molecule has 1 spiro atoms. The van der Waals surface area contributed by atoms with Gasteiger partial charge < -0.3 is 14.8 Å². The highest BCUT2D eigenvalue weighted by molar-refractivity contribution is 6.23.